The number of rotatable bonds is 46. The molecule has 25 heteroatoms. The number of hydrogen-bond acceptors (Lipinski definition) is 25. The highest BCUT2D eigenvalue weighted by molar-refractivity contribution is 5.82. The Hall–Kier alpha value is -5.26. The predicted octanol–water partition coefficient (Wildman–Crippen LogP) is 2.03. The van der Waals surface area contributed by atoms with Crippen LogP contribution in [0.4, 0.5) is 0 Å². The van der Waals surface area contributed by atoms with Crippen LogP contribution in [-0.2, 0) is 90.3 Å². The Morgan fingerprint density at radius 3 is 0.597 bits per heavy atom. The zero-order chi connectivity index (χ0) is 58.7. The van der Waals surface area contributed by atoms with Gasteiger partial charge in [-0.2, -0.15) is 0 Å². The van der Waals surface area contributed by atoms with E-state index in [9.17, 15) is 59.4 Å². The van der Waals surface area contributed by atoms with E-state index in [1.165, 1.54) is 41.5 Å². The molecule has 0 aliphatic rings. The van der Waals surface area contributed by atoms with E-state index in [0.717, 1.165) is 36.5 Å². The third kappa shape index (κ3) is 27.3. The summed E-state index contributed by atoms with van der Waals surface area (Å²) in [6, 6.07) is 0. The number of carbonyl (C=O) groups is 6. The fraction of sp³-hybridized carbons (Fsp3) is 0.654. The standard InChI is InChI=1S/C52H82O25/c1-13-39(53)66-25-19-33(7)72-45(59)51(46(60)73-34(8)20-26-67-40(54)14-2,47(61)74-35(9)21-27-68-41(55)15-3)31-65-32-52(48(62)75-36(10)22-28-69-42(56)16-4,49(63)76-37(11)23-29-70-43(57)17-5)50(64)77-38(12)24-30-71-44(58)18-6/h13-18,33-38,45-50,59-64H,1-6,19-32H2,7-12H3. The lowest BCUT2D eigenvalue weighted by atomic mass is 9.83. The Morgan fingerprint density at radius 2 is 0.468 bits per heavy atom. The summed E-state index contributed by atoms with van der Waals surface area (Å²) in [6.07, 6.45) is -16.0. The van der Waals surface area contributed by atoms with E-state index < -0.39 is 134 Å². The lowest BCUT2D eigenvalue weighted by molar-refractivity contribution is -0.381. The molecule has 0 rings (SSSR count). The highest BCUT2D eigenvalue weighted by atomic mass is 16.7. The second-order valence-corrected chi connectivity index (χ2v) is 17.5. The van der Waals surface area contributed by atoms with Crippen LogP contribution < -0.4 is 0 Å². The van der Waals surface area contributed by atoms with Gasteiger partial charge < -0.3 is 92.2 Å². The van der Waals surface area contributed by atoms with Gasteiger partial charge >= 0.3 is 35.8 Å². The van der Waals surface area contributed by atoms with Crippen molar-refractivity contribution >= 4 is 35.8 Å². The molecule has 0 fully saturated rings. The van der Waals surface area contributed by atoms with Crippen molar-refractivity contribution in [1.29, 1.82) is 0 Å². The molecule has 0 heterocycles. The summed E-state index contributed by atoms with van der Waals surface area (Å²) in [5.74, 6) is -4.65. The summed E-state index contributed by atoms with van der Waals surface area (Å²) < 4.78 is 72.2. The number of aliphatic hydroxyl groups excluding tert-OH is 6. The summed E-state index contributed by atoms with van der Waals surface area (Å²) in [6.45, 7) is 24.7. The van der Waals surface area contributed by atoms with Gasteiger partial charge in [-0.3, -0.25) is 0 Å². The molecular weight excluding hydrogens is 1020 g/mol. The van der Waals surface area contributed by atoms with Gasteiger partial charge in [-0.25, -0.2) is 28.8 Å². The van der Waals surface area contributed by atoms with Crippen LogP contribution in [0.1, 0.15) is 80.1 Å². The first-order valence-electron chi connectivity index (χ1n) is 24.7. The fourth-order valence-electron chi connectivity index (χ4n) is 6.36. The maximum absolute atomic E-state index is 12.2. The molecule has 6 N–H and O–H groups in total. The van der Waals surface area contributed by atoms with E-state index in [4.69, 9.17) is 61.6 Å². The lowest BCUT2D eigenvalue weighted by Crippen LogP contribution is -2.63. The molecule has 12 atom stereocenters. The maximum atomic E-state index is 12.2. The summed E-state index contributed by atoms with van der Waals surface area (Å²) in [5, 5.41) is 73.4. The van der Waals surface area contributed by atoms with Gasteiger partial charge in [-0.05, 0) is 41.5 Å². The van der Waals surface area contributed by atoms with Crippen molar-refractivity contribution < 1.29 is 121 Å². The molecule has 0 aromatic heterocycles. The van der Waals surface area contributed by atoms with Crippen molar-refractivity contribution in [2.75, 3.05) is 52.9 Å². The van der Waals surface area contributed by atoms with Crippen molar-refractivity contribution in [2.24, 2.45) is 10.8 Å². The van der Waals surface area contributed by atoms with Crippen LogP contribution in [0.15, 0.2) is 75.9 Å². The number of esters is 6. The molecule has 0 amide bonds. The van der Waals surface area contributed by atoms with Crippen LogP contribution in [0.25, 0.3) is 0 Å². The van der Waals surface area contributed by atoms with Gasteiger partial charge in [-0.1, -0.05) is 39.5 Å². The van der Waals surface area contributed by atoms with Gasteiger partial charge in [-0.15, -0.1) is 0 Å². The maximum Gasteiger partial charge on any atom is 0.330 e. The van der Waals surface area contributed by atoms with Crippen LogP contribution in [0.3, 0.4) is 0 Å². The number of carbonyl (C=O) groups excluding carboxylic acids is 6. The van der Waals surface area contributed by atoms with Gasteiger partial charge in [0.25, 0.3) is 0 Å². The molecule has 0 radical (unpaired) electrons. The van der Waals surface area contributed by atoms with E-state index in [1.807, 2.05) is 0 Å². The van der Waals surface area contributed by atoms with Crippen LogP contribution in [-0.4, -0.2) is 194 Å². The summed E-state index contributed by atoms with van der Waals surface area (Å²) in [4.78, 5) is 71.0. The third-order valence-electron chi connectivity index (χ3n) is 11.2. The SMILES string of the molecule is C=CC(=O)OCCC(C)OC(O)C(COCC(C(O)OC(C)CCOC(=O)C=C)(C(O)OC(C)CCOC(=O)C=C)C(O)OC(C)CCOC(=O)C=C)(C(O)OC(C)CCOC(=O)C=C)C(O)OC(C)CCOC(=O)C=C. The number of hydrogen-bond donors (Lipinski definition) is 6. The highest BCUT2D eigenvalue weighted by Gasteiger charge is 2.58. The van der Waals surface area contributed by atoms with Gasteiger partial charge in [0.05, 0.1) is 89.5 Å². The van der Waals surface area contributed by atoms with Crippen LogP contribution in [0.5, 0.6) is 0 Å². The minimum atomic E-state index is -2.77. The Bertz CT molecular complexity index is 1520. The molecule has 440 valence electrons. The Balaban J connectivity index is 8.07. The third-order valence-corrected chi connectivity index (χ3v) is 11.2. The number of aliphatic hydroxyl groups is 6. The quantitative estimate of drug-likeness (QED) is 0.0220. The molecule has 0 bridgehead atoms. The second kappa shape index (κ2) is 39.2. The van der Waals surface area contributed by atoms with Gasteiger partial charge in [0.2, 0.25) is 0 Å². The Morgan fingerprint density at radius 1 is 0.325 bits per heavy atom. The van der Waals surface area contributed by atoms with Crippen molar-refractivity contribution in [1.82, 2.24) is 0 Å². The summed E-state index contributed by atoms with van der Waals surface area (Å²) in [7, 11) is 0. The minimum absolute atomic E-state index is 0.0990. The molecule has 0 aromatic carbocycles. The van der Waals surface area contributed by atoms with Gasteiger partial charge in [0.1, 0.15) is 10.8 Å². The first kappa shape index (κ1) is 71.7. The smallest absolute Gasteiger partial charge is 0.330 e. The molecule has 0 aliphatic carbocycles. The highest BCUT2D eigenvalue weighted by Crippen LogP contribution is 2.41. The molecule has 0 spiro atoms. The van der Waals surface area contributed by atoms with Crippen molar-refractivity contribution in [3.05, 3.63) is 75.9 Å². The molecule has 0 aliphatic heterocycles. The lowest BCUT2D eigenvalue weighted by Gasteiger charge is -2.47. The Labute approximate surface area is 449 Å². The van der Waals surface area contributed by atoms with Gasteiger partial charge in [0.15, 0.2) is 37.7 Å². The molecule has 12 unspecified atom stereocenters. The average molecular weight is 1110 g/mol. The van der Waals surface area contributed by atoms with E-state index in [0.29, 0.717) is 0 Å². The molecular formula is C52H82O25. The van der Waals surface area contributed by atoms with Crippen molar-refractivity contribution in [2.45, 2.75) is 154 Å². The normalized spacial score (nSPS) is 17.6. The van der Waals surface area contributed by atoms with E-state index in [2.05, 4.69) is 39.5 Å². The first-order valence-corrected chi connectivity index (χ1v) is 24.7. The average Bonchev–Trinajstić information content (AvgIpc) is 3.37. The molecule has 0 saturated heterocycles. The molecule has 0 aromatic rings. The largest absolute Gasteiger partial charge is 0.462 e. The monoisotopic (exact) mass is 1110 g/mol. The minimum Gasteiger partial charge on any atom is -0.462 e. The van der Waals surface area contributed by atoms with Crippen LogP contribution in [0, 0.1) is 10.8 Å². The van der Waals surface area contributed by atoms with Crippen LogP contribution in [0.2, 0.25) is 0 Å². The zero-order valence-corrected chi connectivity index (χ0v) is 45.0. The first-order chi connectivity index (χ1) is 36.3. The van der Waals surface area contributed by atoms with Crippen LogP contribution >= 0.6 is 0 Å². The van der Waals surface area contributed by atoms with Gasteiger partial charge in [0, 0.05) is 75.0 Å². The van der Waals surface area contributed by atoms with E-state index >= 15 is 0 Å². The summed E-state index contributed by atoms with van der Waals surface area (Å²) >= 11 is 0. The van der Waals surface area contributed by atoms with Crippen molar-refractivity contribution in [3.8, 4) is 0 Å². The predicted molar refractivity (Wildman–Crippen MR) is 270 cm³/mol. The van der Waals surface area contributed by atoms with E-state index in [1.54, 1.807) is 0 Å². The zero-order valence-electron chi connectivity index (χ0n) is 45.0. The Kier molecular flexibility index (Phi) is 36.5. The van der Waals surface area contributed by atoms with E-state index in [-0.39, 0.29) is 78.2 Å². The topological polar surface area (TPSA) is 344 Å². The molecule has 0 saturated carbocycles. The van der Waals surface area contributed by atoms with Crippen molar-refractivity contribution in [3.63, 3.8) is 0 Å². The molecule has 25 nitrogen and oxygen atoms in total. The number of ether oxygens (including phenoxy) is 13. The molecule has 77 heavy (non-hydrogen) atoms. The second-order valence-electron chi connectivity index (χ2n) is 17.5. The summed E-state index contributed by atoms with van der Waals surface area (Å²) in [5.41, 5.74) is -5.54. The fourth-order valence-corrected chi connectivity index (χ4v) is 6.36.